The quantitative estimate of drug-likeness (QED) is 0.767. The van der Waals surface area contributed by atoms with Crippen LogP contribution in [0.4, 0.5) is 0 Å². The van der Waals surface area contributed by atoms with Gasteiger partial charge in [-0.2, -0.15) is 10.2 Å². The lowest BCUT2D eigenvalue weighted by Crippen LogP contribution is -1.90. The predicted octanol–water partition coefficient (Wildman–Crippen LogP) is 1.92. The highest BCUT2D eigenvalue weighted by Crippen LogP contribution is 2.18. The molecule has 0 spiro atoms. The zero-order valence-corrected chi connectivity index (χ0v) is 9.87. The van der Waals surface area contributed by atoms with Gasteiger partial charge in [0.25, 0.3) is 5.89 Å². The molecule has 1 N–H and O–H groups in total. The van der Waals surface area contributed by atoms with Crippen LogP contribution in [0.3, 0.4) is 0 Å². The number of hydrogen-bond donors (Lipinski definition) is 1. The van der Waals surface area contributed by atoms with Crippen molar-refractivity contribution >= 4 is 0 Å². The molecule has 92 valence electrons. The first-order valence-electron chi connectivity index (χ1n) is 5.65. The molecule has 0 aliphatic rings. The first kappa shape index (κ1) is 11.2. The van der Waals surface area contributed by atoms with Crippen molar-refractivity contribution in [1.82, 2.24) is 20.1 Å². The second kappa shape index (κ2) is 4.74. The third-order valence-electron chi connectivity index (χ3n) is 2.63. The van der Waals surface area contributed by atoms with E-state index in [1.54, 1.807) is 24.7 Å². The molecule has 0 aliphatic carbocycles. The van der Waals surface area contributed by atoms with Crippen molar-refractivity contribution in [3.63, 3.8) is 0 Å². The van der Waals surface area contributed by atoms with Crippen LogP contribution >= 0.6 is 0 Å². The second-order valence-electron chi connectivity index (χ2n) is 3.96. The summed E-state index contributed by atoms with van der Waals surface area (Å²) < 4.78 is 5.17. The van der Waals surface area contributed by atoms with Crippen molar-refractivity contribution in [3.05, 3.63) is 53.9 Å². The topological polar surface area (TPSA) is 91.4 Å². The molecule has 3 rings (SSSR count). The molecular weight excluding hydrogens is 242 g/mol. The minimum Gasteiger partial charge on any atom is -0.352 e. The Labute approximate surface area is 108 Å². The summed E-state index contributed by atoms with van der Waals surface area (Å²) in [6.45, 7) is 0. The van der Waals surface area contributed by atoms with E-state index in [0.717, 1.165) is 5.56 Å². The van der Waals surface area contributed by atoms with E-state index >= 15 is 0 Å². The van der Waals surface area contributed by atoms with E-state index in [1.807, 2.05) is 18.2 Å². The van der Waals surface area contributed by atoms with Crippen molar-refractivity contribution < 1.29 is 4.52 Å². The van der Waals surface area contributed by atoms with Crippen LogP contribution in [-0.4, -0.2) is 20.1 Å². The first-order valence-corrected chi connectivity index (χ1v) is 5.65. The first-order chi connectivity index (χ1) is 9.35. The van der Waals surface area contributed by atoms with E-state index in [0.29, 0.717) is 29.4 Å². The maximum atomic E-state index is 8.74. The van der Waals surface area contributed by atoms with Gasteiger partial charge in [0.1, 0.15) is 11.8 Å². The molecule has 0 amide bonds. The number of pyridine rings is 1. The summed E-state index contributed by atoms with van der Waals surface area (Å²) in [7, 11) is 0. The summed E-state index contributed by atoms with van der Waals surface area (Å²) in [6.07, 6.45) is 5.70. The minimum atomic E-state index is 0.404. The molecule has 3 heterocycles. The maximum absolute atomic E-state index is 8.74. The minimum absolute atomic E-state index is 0.404. The molecule has 0 radical (unpaired) electrons. The Kier molecular flexibility index (Phi) is 2.79. The zero-order valence-electron chi connectivity index (χ0n) is 9.87. The lowest BCUT2D eigenvalue weighted by molar-refractivity contribution is 0.424. The van der Waals surface area contributed by atoms with Gasteiger partial charge in [0.05, 0.1) is 5.56 Å². The monoisotopic (exact) mass is 251 g/mol. The van der Waals surface area contributed by atoms with E-state index < -0.39 is 0 Å². The number of nitrogens with one attached hydrogen (secondary N) is 1. The number of aromatic amines is 1. The van der Waals surface area contributed by atoms with Crippen LogP contribution < -0.4 is 0 Å². The summed E-state index contributed by atoms with van der Waals surface area (Å²) >= 11 is 0. The Bertz CT molecular complexity index is 723. The number of nitriles is 1. The average Bonchev–Trinajstić information content (AvgIpc) is 3.08. The molecule has 19 heavy (non-hydrogen) atoms. The third kappa shape index (κ3) is 2.35. The highest BCUT2D eigenvalue weighted by Gasteiger charge is 2.11. The Balaban J connectivity index is 1.82. The summed E-state index contributed by atoms with van der Waals surface area (Å²) in [5, 5.41) is 12.7. The SMILES string of the molecule is N#Cc1cc(-c2nc(Cc3ccncc3)no2)c[nH]1. The van der Waals surface area contributed by atoms with Crippen LogP contribution in [-0.2, 0) is 6.42 Å². The molecule has 0 atom stereocenters. The molecule has 0 saturated carbocycles. The standard InChI is InChI=1S/C13H9N5O/c14-7-11-6-10(8-16-11)13-17-12(18-19-13)5-9-1-3-15-4-2-9/h1-4,6,8,16H,5H2. The van der Waals surface area contributed by atoms with E-state index in [9.17, 15) is 0 Å². The fourth-order valence-electron chi connectivity index (χ4n) is 1.71. The molecule has 6 nitrogen and oxygen atoms in total. The summed E-state index contributed by atoms with van der Waals surface area (Å²) in [5.41, 5.74) is 2.24. The number of rotatable bonds is 3. The van der Waals surface area contributed by atoms with Gasteiger partial charge in [0.15, 0.2) is 5.82 Å². The van der Waals surface area contributed by atoms with Crippen LogP contribution in [0.1, 0.15) is 17.1 Å². The van der Waals surface area contributed by atoms with Gasteiger partial charge in [-0.05, 0) is 23.8 Å². The van der Waals surface area contributed by atoms with Crippen LogP contribution in [0.2, 0.25) is 0 Å². The van der Waals surface area contributed by atoms with Gasteiger partial charge >= 0.3 is 0 Å². The molecule has 0 aliphatic heterocycles. The van der Waals surface area contributed by atoms with Gasteiger partial charge in [0, 0.05) is 25.0 Å². The van der Waals surface area contributed by atoms with Crippen molar-refractivity contribution in [1.29, 1.82) is 5.26 Å². The van der Waals surface area contributed by atoms with E-state index in [4.69, 9.17) is 9.78 Å². The normalized spacial score (nSPS) is 10.3. The van der Waals surface area contributed by atoms with Crippen molar-refractivity contribution in [2.45, 2.75) is 6.42 Å². The zero-order chi connectivity index (χ0) is 13.1. The van der Waals surface area contributed by atoms with Crippen LogP contribution in [0.5, 0.6) is 0 Å². The summed E-state index contributed by atoms with van der Waals surface area (Å²) in [6, 6.07) is 7.49. The van der Waals surface area contributed by atoms with Crippen molar-refractivity contribution in [2.24, 2.45) is 0 Å². The number of aromatic nitrogens is 4. The number of hydrogen-bond acceptors (Lipinski definition) is 5. The molecule has 0 fully saturated rings. The molecular formula is C13H9N5O. The second-order valence-corrected chi connectivity index (χ2v) is 3.96. The van der Waals surface area contributed by atoms with Crippen LogP contribution in [0.25, 0.3) is 11.5 Å². The largest absolute Gasteiger partial charge is 0.352 e. The highest BCUT2D eigenvalue weighted by atomic mass is 16.5. The van der Waals surface area contributed by atoms with Crippen LogP contribution in [0.15, 0.2) is 41.3 Å². The molecule has 0 aromatic carbocycles. The Morgan fingerprint density at radius 3 is 2.89 bits per heavy atom. The number of nitrogens with zero attached hydrogens (tertiary/aromatic N) is 4. The predicted molar refractivity (Wildman–Crippen MR) is 65.8 cm³/mol. The Morgan fingerprint density at radius 2 is 2.16 bits per heavy atom. The number of H-pyrrole nitrogens is 1. The van der Waals surface area contributed by atoms with E-state index in [-0.39, 0.29) is 0 Å². The van der Waals surface area contributed by atoms with Crippen LogP contribution in [0, 0.1) is 11.3 Å². The maximum Gasteiger partial charge on any atom is 0.259 e. The van der Waals surface area contributed by atoms with E-state index in [1.165, 1.54) is 0 Å². The van der Waals surface area contributed by atoms with E-state index in [2.05, 4.69) is 20.1 Å². The Morgan fingerprint density at radius 1 is 1.32 bits per heavy atom. The van der Waals surface area contributed by atoms with Gasteiger partial charge in [-0.1, -0.05) is 5.16 Å². The average molecular weight is 251 g/mol. The highest BCUT2D eigenvalue weighted by molar-refractivity contribution is 5.54. The molecule has 3 aromatic heterocycles. The smallest absolute Gasteiger partial charge is 0.259 e. The molecule has 6 heteroatoms. The summed E-state index contributed by atoms with van der Waals surface area (Å²) in [5.74, 6) is 1.00. The van der Waals surface area contributed by atoms with Crippen molar-refractivity contribution in [2.75, 3.05) is 0 Å². The molecule has 0 saturated heterocycles. The van der Waals surface area contributed by atoms with Gasteiger partial charge in [0.2, 0.25) is 0 Å². The Hall–Kier alpha value is -2.94. The molecule has 0 unspecified atom stereocenters. The van der Waals surface area contributed by atoms with Gasteiger partial charge in [-0.3, -0.25) is 4.98 Å². The third-order valence-corrected chi connectivity index (χ3v) is 2.63. The van der Waals surface area contributed by atoms with Gasteiger partial charge < -0.3 is 9.51 Å². The fraction of sp³-hybridized carbons (Fsp3) is 0.0769. The molecule has 0 bridgehead atoms. The molecule has 3 aromatic rings. The van der Waals surface area contributed by atoms with Gasteiger partial charge in [-0.15, -0.1) is 0 Å². The fourth-order valence-corrected chi connectivity index (χ4v) is 1.71. The van der Waals surface area contributed by atoms with Crippen molar-refractivity contribution in [3.8, 4) is 17.5 Å². The summed E-state index contributed by atoms with van der Waals surface area (Å²) in [4.78, 5) is 11.1. The van der Waals surface area contributed by atoms with Gasteiger partial charge in [-0.25, -0.2) is 0 Å². The lowest BCUT2D eigenvalue weighted by Gasteiger charge is -1.93. The lowest BCUT2D eigenvalue weighted by atomic mass is 10.2.